The molecule has 1 unspecified atom stereocenters. The Labute approximate surface area is 153 Å². The third kappa shape index (κ3) is 4.04. The van der Waals surface area contributed by atoms with E-state index in [2.05, 4.69) is 0 Å². The maximum Gasteiger partial charge on any atom is 0.253 e. The zero-order valence-electron chi connectivity index (χ0n) is 15.1. The minimum absolute atomic E-state index is 0.000478. The molecule has 3 amide bonds. The van der Waals surface area contributed by atoms with Crippen molar-refractivity contribution in [3.05, 3.63) is 35.9 Å². The van der Waals surface area contributed by atoms with Crippen LogP contribution >= 0.6 is 0 Å². The van der Waals surface area contributed by atoms with Crippen LogP contribution in [-0.2, 0) is 14.3 Å². The molecule has 2 fully saturated rings. The summed E-state index contributed by atoms with van der Waals surface area (Å²) in [6.07, 6.45) is 0.270. The molecule has 2 saturated heterocycles. The largest absolute Gasteiger partial charge is 0.383 e. The zero-order valence-corrected chi connectivity index (χ0v) is 15.1. The van der Waals surface area contributed by atoms with E-state index in [1.807, 2.05) is 18.2 Å². The van der Waals surface area contributed by atoms with Crippen LogP contribution < -0.4 is 0 Å². The number of piperazine rings is 1. The van der Waals surface area contributed by atoms with Crippen LogP contribution in [0.2, 0.25) is 0 Å². The van der Waals surface area contributed by atoms with E-state index >= 15 is 0 Å². The molecule has 2 aliphatic heterocycles. The average molecular weight is 359 g/mol. The molecular weight excluding hydrogens is 334 g/mol. The summed E-state index contributed by atoms with van der Waals surface area (Å²) in [5.41, 5.74) is 0.669. The zero-order chi connectivity index (χ0) is 18.5. The maximum absolute atomic E-state index is 12.7. The lowest BCUT2D eigenvalue weighted by Crippen LogP contribution is -2.52. The molecule has 0 saturated carbocycles. The second-order valence-corrected chi connectivity index (χ2v) is 6.72. The van der Waals surface area contributed by atoms with Gasteiger partial charge in [0.2, 0.25) is 11.8 Å². The summed E-state index contributed by atoms with van der Waals surface area (Å²) in [7, 11) is 1.60. The van der Waals surface area contributed by atoms with Crippen molar-refractivity contribution in [3.8, 4) is 0 Å². The summed E-state index contributed by atoms with van der Waals surface area (Å²) in [5, 5.41) is 0. The molecule has 0 N–H and O–H groups in total. The summed E-state index contributed by atoms with van der Waals surface area (Å²) < 4.78 is 5.01. The van der Waals surface area contributed by atoms with Gasteiger partial charge in [-0.15, -0.1) is 0 Å². The number of ether oxygens (including phenoxy) is 1. The predicted octanol–water partition coefficient (Wildman–Crippen LogP) is 0.466. The highest BCUT2D eigenvalue weighted by molar-refractivity contribution is 5.94. The number of carbonyl (C=O) groups excluding carboxylic acids is 3. The molecule has 0 aromatic heterocycles. The van der Waals surface area contributed by atoms with Gasteiger partial charge in [0.1, 0.15) is 0 Å². The van der Waals surface area contributed by atoms with E-state index in [0.29, 0.717) is 51.4 Å². The molecule has 140 valence electrons. The fraction of sp³-hybridized carbons (Fsp3) is 0.526. The molecule has 0 aliphatic carbocycles. The van der Waals surface area contributed by atoms with Crippen molar-refractivity contribution >= 4 is 17.7 Å². The smallest absolute Gasteiger partial charge is 0.253 e. The highest BCUT2D eigenvalue weighted by atomic mass is 16.5. The number of nitrogens with zero attached hydrogens (tertiary/aromatic N) is 3. The van der Waals surface area contributed by atoms with Crippen LogP contribution in [0.25, 0.3) is 0 Å². The third-order valence-corrected chi connectivity index (χ3v) is 5.03. The quantitative estimate of drug-likeness (QED) is 0.766. The third-order valence-electron chi connectivity index (χ3n) is 5.03. The Bertz CT molecular complexity index is 656. The van der Waals surface area contributed by atoms with E-state index < -0.39 is 0 Å². The number of carbonyl (C=O) groups is 3. The van der Waals surface area contributed by atoms with Crippen molar-refractivity contribution in [1.82, 2.24) is 14.7 Å². The summed E-state index contributed by atoms with van der Waals surface area (Å²) in [4.78, 5) is 42.5. The first-order valence-corrected chi connectivity index (χ1v) is 9.00. The molecule has 2 heterocycles. The fourth-order valence-electron chi connectivity index (χ4n) is 3.51. The molecular formula is C19H25N3O4. The van der Waals surface area contributed by atoms with Crippen molar-refractivity contribution in [2.45, 2.75) is 6.42 Å². The van der Waals surface area contributed by atoms with Crippen molar-refractivity contribution in [1.29, 1.82) is 0 Å². The van der Waals surface area contributed by atoms with Crippen LogP contribution in [0.3, 0.4) is 0 Å². The van der Waals surface area contributed by atoms with Crippen LogP contribution in [0, 0.1) is 5.92 Å². The predicted molar refractivity (Wildman–Crippen MR) is 95.5 cm³/mol. The lowest BCUT2D eigenvalue weighted by molar-refractivity contribution is -0.137. The topological polar surface area (TPSA) is 70.2 Å². The van der Waals surface area contributed by atoms with Gasteiger partial charge in [-0.05, 0) is 12.1 Å². The van der Waals surface area contributed by atoms with E-state index in [-0.39, 0.29) is 30.1 Å². The van der Waals surface area contributed by atoms with Gasteiger partial charge in [-0.2, -0.15) is 0 Å². The second kappa shape index (κ2) is 8.31. The summed E-state index contributed by atoms with van der Waals surface area (Å²) in [6, 6.07) is 9.18. The van der Waals surface area contributed by atoms with Gasteiger partial charge in [-0.3, -0.25) is 14.4 Å². The van der Waals surface area contributed by atoms with Gasteiger partial charge in [-0.25, -0.2) is 0 Å². The Morgan fingerprint density at radius 2 is 1.73 bits per heavy atom. The van der Waals surface area contributed by atoms with E-state index in [1.165, 1.54) is 0 Å². The minimum Gasteiger partial charge on any atom is -0.383 e. The van der Waals surface area contributed by atoms with Crippen LogP contribution in [0.1, 0.15) is 16.8 Å². The standard InChI is InChI=1S/C19H25N3O4/c1-26-12-11-22-14-16(13-17(22)23)19(25)21-9-7-20(8-10-21)18(24)15-5-3-2-4-6-15/h2-6,16H,7-14H2,1H3. The summed E-state index contributed by atoms with van der Waals surface area (Å²) >= 11 is 0. The molecule has 0 radical (unpaired) electrons. The van der Waals surface area contributed by atoms with Crippen molar-refractivity contribution in [2.24, 2.45) is 5.92 Å². The number of likely N-dealkylation sites (tertiary alicyclic amines) is 1. The van der Waals surface area contributed by atoms with Gasteiger partial charge in [0.15, 0.2) is 0 Å². The van der Waals surface area contributed by atoms with E-state index in [9.17, 15) is 14.4 Å². The Morgan fingerprint density at radius 1 is 1.08 bits per heavy atom. The van der Waals surface area contributed by atoms with Gasteiger partial charge in [0, 0.05) is 58.4 Å². The first-order chi connectivity index (χ1) is 12.6. The van der Waals surface area contributed by atoms with Gasteiger partial charge in [0.25, 0.3) is 5.91 Å². The van der Waals surface area contributed by atoms with Crippen LogP contribution in [-0.4, -0.2) is 85.4 Å². The first kappa shape index (κ1) is 18.4. The molecule has 0 spiro atoms. The monoisotopic (exact) mass is 359 g/mol. The van der Waals surface area contributed by atoms with Gasteiger partial charge in [-0.1, -0.05) is 18.2 Å². The second-order valence-electron chi connectivity index (χ2n) is 6.72. The molecule has 7 nitrogen and oxygen atoms in total. The maximum atomic E-state index is 12.7. The molecule has 2 aliphatic rings. The van der Waals surface area contributed by atoms with Crippen LogP contribution in [0.15, 0.2) is 30.3 Å². The summed E-state index contributed by atoms with van der Waals surface area (Å²) in [5.74, 6) is -0.251. The highest BCUT2D eigenvalue weighted by Crippen LogP contribution is 2.21. The first-order valence-electron chi connectivity index (χ1n) is 9.00. The average Bonchev–Trinajstić information content (AvgIpc) is 3.06. The number of hydrogen-bond donors (Lipinski definition) is 0. The Morgan fingerprint density at radius 3 is 2.38 bits per heavy atom. The molecule has 1 aromatic carbocycles. The Hall–Kier alpha value is -2.41. The minimum atomic E-state index is -0.282. The van der Waals surface area contributed by atoms with E-state index in [0.717, 1.165) is 0 Å². The number of amides is 3. The molecule has 26 heavy (non-hydrogen) atoms. The fourth-order valence-corrected chi connectivity index (χ4v) is 3.51. The molecule has 1 aromatic rings. The Balaban J connectivity index is 1.51. The van der Waals surface area contributed by atoms with E-state index in [4.69, 9.17) is 4.74 Å². The lowest BCUT2D eigenvalue weighted by Gasteiger charge is -2.36. The molecule has 1 atom stereocenters. The summed E-state index contributed by atoms with van der Waals surface area (Å²) in [6.45, 7) is 3.54. The number of hydrogen-bond acceptors (Lipinski definition) is 4. The van der Waals surface area contributed by atoms with Gasteiger partial charge >= 0.3 is 0 Å². The van der Waals surface area contributed by atoms with Gasteiger partial charge in [0.05, 0.1) is 12.5 Å². The number of benzene rings is 1. The van der Waals surface area contributed by atoms with Crippen LogP contribution in [0.4, 0.5) is 0 Å². The van der Waals surface area contributed by atoms with Crippen LogP contribution in [0.5, 0.6) is 0 Å². The SMILES string of the molecule is COCCN1CC(C(=O)N2CCN(C(=O)c3ccccc3)CC2)CC1=O. The highest BCUT2D eigenvalue weighted by Gasteiger charge is 2.37. The normalized spacial score (nSPS) is 20.6. The molecule has 7 heteroatoms. The molecule has 3 rings (SSSR count). The van der Waals surface area contributed by atoms with Crippen molar-refractivity contribution in [3.63, 3.8) is 0 Å². The number of methoxy groups -OCH3 is 1. The van der Waals surface area contributed by atoms with Gasteiger partial charge < -0.3 is 19.4 Å². The molecule has 0 bridgehead atoms. The van der Waals surface area contributed by atoms with E-state index in [1.54, 1.807) is 33.9 Å². The van der Waals surface area contributed by atoms with Crippen molar-refractivity contribution < 1.29 is 19.1 Å². The lowest BCUT2D eigenvalue weighted by atomic mass is 10.1. The Kier molecular flexibility index (Phi) is 5.88. The van der Waals surface area contributed by atoms with Crippen molar-refractivity contribution in [2.75, 3.05) is 53.0 Å². The number of rotatable bonds is 5.